The molecule has 1 nitrogen and oxygen atoms in total. The molecule has 0 radical (unpaired) electrons. The van der Waals surface area contributed by atoms with Crippen LogP contribution in [0.2, 0.25) is 5.02 Å². The van der Waals surface area contributed by atoms with Gasteiger partial charge in [-0.15, -0.1) is 0 Å². The number of benzene rings is 2. The van der Waals surface area contributed by atoms with E-state index in [0.29, 0.717) is 17.0 Å². The minimum Gasteiger partial charge on any atom is -0.324 e. The quantitative estimate of drug-likeness (QED) is 0.883. The predicted octanol–water partition coefficient (Wildman–Crippen LogP) is 4.48. The molecule has 0 fully saturated rings. The normalized spacial score (nSPS) is 12.4. The SMILES string of the molecule is NC(Cc1ccc(Br)cc1F)c1ccccc1Cl. The minimum atomic E-state index is -0.311. The highest BCUT2D eigenvalue weighted by Crippen LogP contribution is 2.25. The lowest BCUT2D eigenvalue weighted by molar-refractivity contribution is 0.592. The fraction of sp³-hybridized carbons (Fsp3) is 0.143. The molecule has 0 aliphatic heterocycles. The van der Waals surface area contributed by atoms with E-state index in [1.165, 1.54) is 6.07 Å². The lowest BCUT2D eigenvalue weighted by atomic mass is 9.99. The van der Waals surface area contributed by atoms with Gasteiger partial charge in [-0.25, -0.2) is 4.39 Å². The average molecular weight is 329 g/mol. The number of hydrogen-bond donors (Lipinski definition) is 1. The second kappa shape index (κ2) is 5.83. The fourth-order valence-electron chi connectivity index (χ4n) is 1.81. The summed E-state index contributed by atoms with van der Waals surface area (Å²) in [6.07, 6.45) is 0.419. The van der Waals surface area contributed by atoms with E-state index in [1.807, 2.05) is 18.2 Å². The number of rotatable bonds is 3. The summed E-state index contributed by atoms with van der Waals surface area (Å²) in [6.45, 7) is 0. The van der Waals surface area contributed by atoms with Gasteiger partial charge in [0.15, 0.2) is 0 Å². The summed E-state index contributed by atoms with van der Waals surface area (Å²) >= 11 is 9.30. The summed E-state index contributed by atoms with van der Waals surface area (Å²) in [4.78, 5) is 0. The van der Waals surface area contributed by atoms with Crippen LogP contribution in [0.5, 0.6) is 0 Å². The summed E-state index contributed by atoms with van der Waals surface area (Å²) in [5.74, 6) is -0.258. The van der Waals surface area contributed by atoms with Crippen LogP contribution in [0.25, 0.3) is 0 Å². The van der Waals surface area contributed by atoms with Gasteiger partial charge < -0.3 is 5.73 Å². The zero-order valence-corrected chi connectivity index (χ0v) is 11.9. The molecule has 1 atom stereocenters. The van der Waals surface area contributed by atoms with E-state index >= 15 is 0 Å². The Kier molecular flexibility index (Phi) is 4.38. The van der Waals surface area contributed by atoms with Crippen LogP contribution in [-0.2, 0) is 6.42 Å². The summed E-state index contributed by atoms with van der Waals surface area (Å²) in [6, 6.07) is 12.0. The van der Waals surface area contributed by atoms with Crippen molar-refractivity contribution in [3.8, 4) is 0 Å². The molecule has 0 heterocycles. The predicted molar refractivity (Wildman–Crippen MR) is 76.2 cm³/mol. The van der Waals surface area contributed by atoms with Gasteiger partial charge in [0.05, 0.1) is 0 Å². The first-order valence-electron chi connectivity index (χ1n) is 5.52. The first-order chi connectivity index (χ1) is 8.58. The van der Waals surface area contributed by atoms with E-state index in [2.05, 4.69) is 15.9 Å². The molecule has 0 aromatic heterocycles. The molecule has 0 aliphatic carbocycles. The van der Waals surface area contributed by atoms with Gasteiger partial charge in [0.2, 0.25) is 0 Å². The van der Waals surface area contributed by atoms with Gasteiger partial charge in [-0.2, -0.15) is 0 Å². The van der Waals surface area contributed by atoms with Crippen LogP contribution in [0.15, 0.2) is 46.9 Å². The third-order valence-electron chi connectivity index (χ3n) is 2.76. The van der Waals surface area contributed by atoms with Gasteiger partial charge >= 0.3 is 0 Å². The molecule has 94 valence electrons. The standard InChI is InChI=1S/C14H12BrClFN/c15-10-6-5-9(13(17)8-10)7-14(18)11-3-1-2-4-12(11)16/h1-6,8,14H,7,18H2. The molecular formula is C14H12BrClFN. The Hall–Kier alpha value is -0.900. The van der Waals surface area contributed by atoms with Crippen LogP contribution in [0.1, 0.15) is 17.2 Å². The molecule has 4 heteroatoms. The minimum absolute atomic E-state index is 0.258. The van der Waals surface area contributed by atoms with Crippen molar-refractivity contribution in [3.05, 3.63) is 68.9 Å². The zero-order valence-electron chi connectivity index (χ0n) is 9.54. The molecule has 1 unspecified atom stereocenters. The Morgan fingerprint density at radius 2 is 1.94 bits per heavy atom. The average Bonchev–Trinajstić information content (AvgIpc) is 2.33. The second-order valence-corrected chi connectivity index (χ2v) is 5.39. The fourth-order valence-corrected chi connectivity index (χ4v) is 2.42. The largest absolute Gasteiger partial charge is 0.324 e. The smallest absolute Gasteiger partial charge is 0.127 e. The first kappa shape index (κ1) is 13.5. The third-order valence-corrected chi connectivity index (χ3v) is 3.60. The second-order valence-electron chi connectivity index (χ2n) is 4.07. The number of hydrogen-bond acceptors (Lipinski definition) is 1. The molecular weight excluding hydrogens is 317 g/mol. The van der Waals surface area contributed by atoms with E-state index in [-0.39, 0.29) is 11.9 Å². The van der Waals surface area contributed by atoms with Crippen molar-refractivity contribution in [1.29, 1.82) is 0 Å². The molecule has 0 spiro atoms. The summed E-state index contributed by atoms with van der Waals surface area (Å²) in [5, 5.41) is 0.613. The van der Waals surface area contributed by atoms with E-state index in [9.17, 15) is 4.39 Å². The summed E-state index contributed by atoms with van der Waals surface area (Å²) in [7, 11) is 0. The van der Waals surface area contributed by atoms with Gasteiger partial charge in [0.25, 0.3) is 0 Å². The maximum absolute atomic E-state index is 13.7. The van der Waals surface area contributed by atoms with Gasteiger partial charge in [-0.05, 0) is 35.7 Å². The Morgan fingerprint density at radius 1 is 1.22 bits per heavy atom. The number of halogens is 3. The van der Waals surface area contributed by atoms with Crippen molar-refractivity contribution >= 4 is 27.5 Å². The highest BCUT2D eigenvalue weighted by molar-refractivity contribution is 9.10. The highest BCUT2D eigenvalue weighted by Gasteiger charge is 2.13. The maximum atomic E-state index is 13.7. The first-order valence-corrected chi connectivity index (χ1v) is 6.69. The molecule has 0 saturated heterocycles. The van der Waals surface area contributed by atoms with Crippen molar-refractivity contribution < 1.29 is 4.39 Å². The summed E-state index contributed by atoms with van der Waals surface area (Å²) < 4.78 is 14.4. The molecule has 0 amide bonds. The molecule has 2 aromatic carbocycles. The third kappa shape index (κ3) is 3.10. The van der Waals surface area contributed by atoms with E-state index in [0.717, 1.165) is 10.0 Å². The van der Waals surface area contributed by atoms with Crippen LogP contribution in [0.4, 0.5) is 4.39 Å². The molecule has 0 saturated carbocycles. The Morgan fingerprint density at radius 3 is 2.61 bits per heavy atom. The molecule has 2 aromatic rings. The lowest BCUT2D eigenvalue weighted by Crippen LogP contribution is -2.14. The molecule has 2 N–H and O–H groups in total. The van der Waals surface area contributed by atoms with E-state index < -0.39 is 0 Å². The highest BCUT2D eigenvalue weighted by atomic mass is 79.9. The summed E-state index contributed by atoms with van der Waals surface area (Å²) in [5.41, 5.74) is 7.50. The lowest BCUT2D eigenvalue weighted by Gasteiger charge is -2.14. The van der Waals surface area contributed by atoms with Crippen LogP contribution in [0, 0.1) is 5.82 Å². The van der Waals surface area contributed by atoms with Crippen LogP contribution >= 0.6 is 27.5 Å². The van der Waals surface area contributed by atoms with Crippen molar-refractivity contribution in [2.75, 3.05) is 0 Å². The molecule has 2 rings (SSSR count). The Labute approximate surface area is 119 Å². The van der Waals surface area contributed by atoms with Crippen LogP contribution in [0.3, 0.4) is 0 Å². The van der Waals surface area contributed by atoms with Crippen molar-refractivity contribution in [2.45, 2.75) is 12.5 Å². The van der Waals surface area contributed by atoms with Gasteiger partial charge in [0, 0.05) is 15.5 Å². The maximum Gasteiger partial charge on any atom is 0.127 e. The number of nitrogens with two attached hydrogens (primary N) is 1. The van der Waals surface area contributed by atoms with E-state index in [1.54, 1.807) is 18.2 Å². The van der Waals surface area contributed by atoms with Gasteiger partial charge in [-0.1, -0.05) is 51.8 Å². The van der Waals surface area contributed by atoms with Gasteiger partial charge in [-0.3, -0.25) is 0 Å². The molecule has 0 bridgehead atoms. The van der Waals surface area contributed by atoms with Crippen LogP contribution in [-0.4, -0.2) is 0 Å². The molecule has 18 heavy (non-hydrogen) atoms. The van der Waals surface area contributed by atoms with Crippen molar-refractivity contribution in [1.82, 2.24) is 0 Å². The van der Waals surface area contributed by atoms with E-state index in [4.69, 9.17) is 17.3 Å². The van der Waals surface area contributed by atoms with Gasteiger partial charge in [0.1, 0.15) is 5.82 Å². The Bertz CT molecular complexity index is 559. The monoisotopic (exact) mass is 327 g/mol. The molecule has 0 aliphatic rings. The van der Waals surface area contributed by atoms with Crippen LogP contribution < -0.4 is 5.73 Å². The topological polar surface area (TPSA) is 26.0 Å². The Balaban J connectivity index is 2.21. The van der Waals surface area contributed by atoms with Crippen molar-refractivity contribution in [3.63, 3.8) is 0 Å². The van der Waals surface area contributed by atoms with Crippen molar-refractivity contribution in [2.24, 2.45) is 5.73 Å². The zero-order chi connectivity index (χ0) is 13.1.